The molecule has 0 aliphatic heterocycles. The van der Waals surface area contributed by atoms with Gasteiger partial charge in [-0.2, -0.15) is 0 Å². The van der Waals surface area contributed by atoms with Crippen LogP contribution in [-0.2, 0) is 29.6 Å². The summed E-state index contributed by atoms with van der Waals surface area (Å²) in [6.07, 6.45) is 4.24. The molecule has 4 unspecified atom stereocenters. The van der Waals surface area contributed by atoms with E-state index in [4.69, 9.17) is 5.14 Å². The van der Waals surface area contributed by atoms with Gasteiger partial charge in [0.25, 0.3) is 0 Å². The van der Waals surface area contributed by atoms with Crippen molar-refractivity contribution in [1.29, 1.82) is 0 Å². The Morgan fingerprint density at radius 2 is 1.58 bits per heavy atom. The number of Topliss-reactive ketones (excluding diaryl/α,β-unsaturated/α-hetero) is 1. The quantitative estimate of drug-likeness (QED) is 0.662. The van der Waals surface area contributed by atoms with Gasteiger partial charge in [0, 0.05) is 11.8 Å². The molecule has 0 spiro atoms. The predicted molar refractivity (Wildman–Crippen MR) is 96.9 cm³/mol. The van der Waals surface area contributed by atoms with Crippen LogP contribution < -0.4 is 9.86 Å². The number of carbonyl (C=O) groups is 2. The Morgan fingerprint density at radius 3 is 2.19 bits per heavy atom. The fraction of sp³-hybridized carbons (Fsp3) is 0.875. The number of amides is 1. The van der Waals surface area contributed by atoms with Crippen molar-refractivity contribution < 1.29 is 26.4 Å². The van der Waals surface area contributed by atoms with Crippen LogP contribution in [0.1, 0.15) is 58.3 Å². The highest BCUT2D eigenvalue weighted by atomic mass is 32.2. The number of hydrogen-bond acceptors (Lipinski definition) is 6. The van der Waals surface area contributed by atoms with Crippen molar-refractivity contribution in [3.63, 3.8) is 0 Å². The number of hydrogen-bond donors (Lipinski definition) is 2. The fourth-order valence-corrected chi connectivity index (χ4v) is 6.56. The van der Waals surface area contributed by atoms with Crippen molar-refractivity contribution >= 4 is 31.7 Å². The highest BCUT2D eigenvalue weighted by Crippen LogP contribution is 2.31. The SMILES string of the molecule is CC(=O)C1CCCC(CS(=O)(=O)NC(=O)C2CCCC(S(N)(=O)=O)C2)C1. The van der Waals surface area contributed by atoms with Gasteiger partial charge >= 0.3 is 0 Å². The van der Waals surface area contributed by atoms with Gasteiger partial charge in [0.1, 0.15) is 5.78 Å². The molecule has 1 amide bonds. The van der Waals surface area contributed by atoms with E-state index < -0.39 is 37.1 Å². The van der Waals surface area contributed by atoms with Gasteiger partial charge in [-0.05, 0) is 51.4 Å². The molecule has 0 saturated heterocycles. The highest BCUT2D eigenvalue weighted by Gasteiger charge is 2.35. The maximum Gasteiger partial charge on any atom is 0.236 e. The van der Waals surface area contributed by atoms with Gasteiger partial charge in [0.2, 0.25) is 26.0 Å². The zero-order chi connectivity index (χ0) is 19.5. The molecule has 3 N–H and O–H groups in total. The number of nitrogens with one attached hydrogen (secondary N) is 1. The van der Waals surface area contributed by atoms with Gasteiger partial charge in [-0.25, -0.2) is 22.0 Å². The van der Waals surface area contributed by atoms with Gasteiger partial charge in [0.05, 0.1) is 11.0 Å². The topological polar surface area (TPSA) is 140 Å². The molecule has 8 nitrogen and oxygen atoms in total. The summed E-state index contributed by atoms with van der Waals surface area (Å²) in [6.45, 7) is 1.52. The first-order valence-electron chi connectivity index (χ1n) is 9.04. The summed E-state index contributed by atoms with van der Waals surface area (Å²) in [7, 11) is -7.56. The van der Waals surface area contributed by atoms with Gasteiger partial charge in [-0.1, -0.05) is 12.8 Å². The van der Waals surface area contributed by atoms with E-state index in [2.05, 4.69) is 4.72 Å². The zero-order valence-electron chi connectivity index (χ0n) is 15.0. The minimum atomic E-state index is -3.82. The molecule has 0 radical (unpaired) electrons. The number of primary sulfonamides is 1. The minimum absolute atomic E-state index is 0.0516. The fourth-order valence-electron chi connectivity index (χ4n) is 4.08. The molecule has 2 aliphatic rings. The first kappa shape index (κ1) is 21.3. The van der Waals surface area contributed by atoms with Crippen molar-refractivity contribution in [1.82, 2.24) is 4.72 Å². The molecule has 10 heteroatoms. The second-order valence-corrected chi connectivity index (χ2v) is 11.3. The third-order valence-corrected chi connectivity index (χ3v) is 8.31. The van der Waals surface area contributed by atoms with E-state index in [1.807, 2.05) is 0 Å². The van der Waals surface area contributed by atoms with E-state index in [9.17, 15) is 26.4 Å². The largest absolute Gasteiger partial charge is 0.300 e. The van der Waals surface area contributed by atoms with Crippen LogP contribution in [0, 0.1) is 17.8 Å². The zero-order valence-corrected chi connectivity index (χ0v) is 16.6. The maximum absolute atomic E-state index is 12.3. The number of sulfonamides is 2. The molecule has 4 atom stereocenters. The molecule has 0 aromatic heterocycles. The Morgan fingerprint density at radius 1 is 0.962 bits per heavy atom. The Labute approximate surface area is 155 Å². The number of carbonyl (C=O) groups excluding carboxylic acids is 2. The molecular weight excluding hydrogens is 380 g/mol. The lowest BCUT2D eigenvalue weighted by Gasteiger charge is -2.28. The monoisotopic (exact) mass is 408 g/mol. The molecule has 2 rings (SSSR count). The van der Waals surface area contributed by atoms with Crippen LogP contribution in [0.25, 0.3) is 0 Å². The third kappa shape index (κ3) is 6.02. The van der Waals surface area contributed by atoms with E-state index >= 15 is 0 Å². The standard InChI is InChI=1S/C16H28N2O6S2/c1-11(19)13-5-2-4-12(8-13)10-25(21,22)18-16(20)14-6-3-7-15(9-14)26(17,23)24/h12-15H,2-10H2,1H3,(H,18,20)(H2,17,23,24). The van der Waals surface area contributed by atoms with E-state index in [-0.39, 0.29) is 29.8 Å². The summed E-state index contributed by atoms with van der Waals surface area (Å²) in [5.41, 5.74) is 0. The second-order valence-electron chi connectivity index (χ2n) is 7.66. The van der Waals surface area contributed by atoms with Gasteiger partial charge in [-0.15, -0.1) is 0 Å². The lowest BCUT2D eigenvalue weighted by Crippen LogP contribution is -2.43. The van der Waals surface area contributed by atoms with Crippen molar-refractivity contribution in [3.05, 3.63) is 0 Å². The lowest BCUT2D eigenvalue weighted by atomic mass is 9.80. The first-order chi connectivity index (χ1) is 12.0. The molecule has 2 aliphatic carbocycles. The lowest BCUT2D eigenvalue weighted by molar-refractivity contribution is -0.124. The number of nitrogens with two attached hydrogens (primary N) is 1. The summed E-state index contributed by atoms with van der Waals surface area (Å²) >= 11 is 0. The van der Waals surface area contributed by atoms with Crippen LogP contribution in [0.5, 0.6) is 0 Å². The molecule has 2 fully saturated rings. The van der Waals surface area contributed by atoms with Crippen molar-refractivity contribution in [2.75, 3.05) is 5.75 Å². The number of ketones is 1. The third-order valence-electron chi connectivity index (χ3n) is 5.53. The summed E-state index contributed by atoms with van der Waals surface area (Å²) in [6, 6.07) is 0. The van der Waals surface area contributed by atoms with Crippen LogP contribution >= 0.6 is 0 Å². The molecule has 0 aromatic carbocycles. The predicted octanol–water partition coefficient (Wildman–Crippen LogP) is 0.675. The smallest absolute Gasteiger partial charge is 0.236 e. The Bertz CT molecular complexity index is 747. The molecule has 150 valence electrons. The van der Waals surface area contributed by atoms with Crippen molar-refractivity contribution in [2.45, 2.75) is 63.5 Å². The first-order valence-corrected chi connectivity index (χ1v) is 12.3. The van der Waals surface area contributed by atoms with Gasteiger partial charge in [-0.3, -0.25) is 14.3 Å². The van der Waals surface area contributed by atoms with Crippen LogP contribution in [0.4, 0.5) is 0 Å². The summed E-state index contributed by atoms with van der Waals surface area (Å²) in [4.78, 5) is 23.8. The molecule has 0 bridgehead atoms. The molecule has 0 heterocycles. The minimum Gasteiger partial charge on any atom is -0.300 e. The molecular formula is C16H28N2O6S2. The summed E-state index contributed by atoms with van der Waals surface area (Å²) in [5, 5.41) is 4.35. The van der Waals surface area contributed by atoms with Crippen LogP contribution in [0.3, 0.4) is 0 Å². The Kier molecular flexibility index (Phi) is 6.84. The van der Waals surface area contributed by atoms with E-state index in [1.54, 1.807) is 0 Å². The second kappa shape index (κ2) is 8.35. The van der Waals surface area contributed by atoms with E-state index in [0.717, 1.165) is 19.3 Å². The van der Waals surface area contributed by atoms with Crippen LogP contribution in [0.15, 0.2) is 0 Å². The van der Waals surface area contributed by atoms with Gasteiger partial charge < -0.3 is 0 Å². The van der Waals surface area contributed by atoms with Crippen molar-refractivity contribution in [3.8, 4) is 0 Å². The normalized spacial score (nSPS) is 30.5. The molecule has 2 saturated carbocycles. The average molecular weight is 409 g/mol. The van der Waals surface area contributed by atoms with Crippen LogP contribution in [0.2, 0.25) is 0 Å². The molecule has 26 heavy (non-hydrogen) atoms. The Balaban J connectivity index is 1.93. The maximum atomic E-state index is 12.3. The summed E-state index contributed by atoms with van der Waals surface area (Å²) in [5.74, 6) is -1.68. The average Bonchev–Trinajstić information content (AvgIpc) is 2.53. The molecule has 0 aromatic rings. The summed E-state index contributed by atoms with van der Waals surface area (Å²) < 4.78 is 49.8. The van der Waals surface area contributed by atoms with Gasteiger partial charge in [0.15, 0.2) is 0 Å². The van der Waals surface area contributed by atoms with Crippen molar-refractivity contribution in [2.24, 2.45) is 22.9 Å². The Hall–Kier alpha value is -1.00. The highest BCUT2D eigenvalue weighted by molar-refractivity contribution is 7.90. The van der Waals surface area contributed by atoms with Crippen LogP contribution in [-0.4, -0.2) is 39.5 Å². The number of rotatable bonds is 6. The van der Waals surface area contributed by atoms with E-state index in [0.29, 0.717) is 25.7 Å². The van der Waals surface area contributed by atoms with E-state index in [1.165, 1.54) is 6.92 Å².